The summed E-state index contributed by atoms with van der Waals surface area (Å²) in [6.07, 6.45) is 9.22. The van der Waals surface area contributed by atoms with Gasteiger partial charge in [-0.15, -0.1) is 0 Å². The second-order valence-corrected chi connectivity index (χ2v) is 7.02. The lowest BCUT2D eigenvalue weighted by atomic mass is 9.93. The SMILES string of the molecule is COC(=O)C1=CCCC(C)=CC2OCC(C)=C2CC(O)C(C)=CCC1. The van der Waals surface area contributed by atoms with Crippen LogP contribution in [0.15, 0.2) is 46.1 Å². The fourth-order valence-corrected chi connectivity index (χ4v) is 3.29. The molecular formula is C21H30O4. The van der Waals surface area contributed by atoms with Gasteiger partial charge in [-0.05, 0) is 63.2 Å². The predicted molar refractivity (Wildman–Crippen MR) is 99.1 cm³/mol. The predicted octanol–water partition coefficient (Wildman–Crippen LogP) is 4.02. The first kappa shape index (κ1) is 19.7. The molecule has 2 unspecified atom stereocenters. The van der Waals surface area contributed by atoms with Gasteiger partial charge < -0.3 is 14.6 Å². The van der Waals surface area contributed by atoms with Crippen molar-refractivity contribution in [3.8, 4) is 0 Å². The van der Waals surface area contributed by atoms with Gasteiger partial charge in [-0.2, -0.15) is 0 Å². The second kappa shape index (κ2) is 9.16. The van der Waals surface area contributed by atoms with Crippen LogP contribution < -0.4 is 0 Å². The minimum atomic E-state index is -0.517. The van der Waals surface area contributed by atoms with Crippen molar-refractivity contribution in [1.82, 2.24) is 0 Å². The van der Waals surface area contributed by atoms with Crippen molar-refractivity contribution in [1.29, 1.82) is 0 Å². The van der Waals surface area contributed by atoms with Crippen LogP contribution in [0, 0.1) is 0 Å². The monoisotopic (exact) mass is 346 g/mol. The molecule has 0 saturated heterocycles. The summed E-state index contributed by atoms with van der Waals surface area (Å²) in [5, 5.41) is 10.6. The number of esters is 1. The van der Waals surface area contributed by atoms with Crippen LogP contribution in [-0.4, -0.2) is 37.0 Å². The first-order valence-corrected chi connectivity index (χ1v) is 9.01. The van der Waals surface area contributed by atoms with E-state index in [0.717, 1.165) is 24.8 Å². The largest absolute Gasteiger partial charge is 0.466 e. The third-order valence-electron chi connectivity index (χ3n) is 5.00. The fraction of sp³-hybridized carbons (Fsp3) is 0.571. The van der Waals surface area contributed by atoms with Crippen molar-refractivity contribution in [2.75, 3.05) is 13.7 Å². The van der Waals surface area contributed by atoms with Gasteiger partial charge in [0.05, 0.1) is 25.9 Å². The average molecular weight is 346 g/mol. The number of aliphatic hydroxyl groups is 1. The van der Waals surface area contributed by atoms with Gasteiger partial charge in [0, 0.05) is 12.0 Å². The number of allylic oxidation sites excluding steroid dienone is 3. The fourth-order valence-electron chi connectivity index (χ4n) is 3.29. The molecule has 0 spiro atoms. The van der Waals surface area contributed by atoms with E-state index in [1.54, 1.807) is 0 Å². The molecule has 0 aromatic heterocycles. The van der Waals surface area contributed by atoms with Gasteiger partial charge in [0.1, 0.15) is 0 Å². The van der Waals surface area contributed by atoms with E-state index in [4.69, 9.17) is 9.47 Å². The molecule has 1 aliphatic heterocycles. The molecule has 0 aromatic carbocycles. The molecule has 25 heavy (non-hydrogen) atoms. The Balaban J connectivity index is 2.28. The summed E-state index contributed by atoms with van der Waals surface area (Å²) < 4.78 is 10.8. The smallest absolute Gasteiger partial charge is 0.333 e. The van der Waals surface area contributed by atoms with Gasteiger partial charge in [0.2, 0.25) is 0 Å². The molecule has 1 heterocycles. The summed E-state index contributed by atoms with van der Waals surface area (Å²) in [7, 11) is 1.41. The van der Waals surface area contributed by atoms with E-state index < -0.39 is 6.10 Å². The Morgan fingerprint density at radius 3 is 2.64 bits per heavy atom. The first-order chi connectivity index (χ1) is 11.9. The van der Waals surface area contributed by atoms with Gasteiger partial charge in [0.25, 0.3) is 0 Å². The van der Waals surface area contributed by atoms with Gasteiger partial charge in [-0.25, -0.2) is 4.79 Å². The molecule has 0 fully saturated rings. The normalized spacial score (nSPS) is 26.2. The third-order valence-corrected chi connectivity index (χ3v) is 5.00. The Kier molecular flexibility index (Phi) is 7.21. The molecule has 1 N–H and O–H groups in total. The Morgan fingerprint density at radius 2 is 1.92 bits per heavy atom. The lowest BCUT2D eigenvalue weighted by Crippen LogP contribution is -2.16. The molecule has 138 valence electrons. The van der Waals surface area contributed by atoms with E-state index in [9.17, 15) is 9.90 Å². The minimum absolute atomic E-state index is 0.0468. The van der Waals surface area contributed by atoms with Crippen molar-refractivity contribution in [3.05, 3.63) is 46.1 Å². The van der Waals surface area contributed by atoms with E-state index in [0.29, 0.717) is 25.0 Å². The van der Waals surface area contributed by atoms with Crippen molar-refractivity contribution < 1.29 is 19.4 Å². The first-order valence-electron chi connectivity index (χ1n) is 9.01. The van der Waals surface area contributed by atoms with Crippen LogP contribution in [0.5, 0.6) is 0 Å². The van der Waals surface area contributed by atoms with E-state index in [2.05, 4.69) is 19.9 Å². The van der Waals surface area contributed by atoms with Crippen LogP contribution in [0.1, 0.15) is 52.9 Å². The van der Waals surface area contributed by atoms with E-state index >= 15 is 0 Å². The van der Waals surface area contributed by atoms with Crippen LogP contribution >= 0.6 is 0 Å². The highest BCUT2D eigenvalue weighted by atomic mass is 16.5. The highest BCUT2D eigenvalue weighted by Crippen LogP contribution is 2.29. The highest BCUT2D eigenvalue weighted by Gasteiger charge is 2.25. The lowest BCUT2D eigenvalue weighted by Gasteiger charge is -2.18. The number of carbonyl (C=O) groups excluding carboxylic acids is 1. The number of aliphatic hydroxyl groups excluding tert-OH is 1. The topological polar surface area (TPSA) is 55.8 Å². The number of methoxy groups -OCH3 is 1. The molecule has 2 atom stereocenters. The summed E-state index contributed by atoms with van der Waals surface area (Å²) in [6, 6.07) is 0. The number of hydrogen-bond acceptors (Lipinski definition) is 4. The maximum absolute atomic E-state index is 11.9. The third kappa shape index (κ3) is 5.41. The molecule has 0 bridgehead atoms. The van der Waals surface area contributed by atoms with Crippen LogP contribution in [0.25, 0.3) is 0 Å². The van der Waals surface area contributed by atoms with Crippen molar-refractivity contribution >= 4 is 5.97 Å². The molecule has 0 aromatic rings. The lowest BCUT2D eigenvalue weighted by molar-refractivity contribution is -0.136. The van der Waals surface area contributed by atoms with Gasteiger partial charge in [-0.3, -0.25) is 0 Å². The van der Waals surface area contributed by atoms with E-state index in [1.165, 1.54) is 23.8 Å². The Bertz CT molecular complexity index is 622. The van der Waals surface area contributed by atoms with Crippen molar-refractivity contribution in [2.24, 2.45) is 0 Å². The zero-order valence-corrected chi connectivity index (χ0v) is 15.8. The number of carbonyl (C=O) groups is 1. The van der Waals surface area contributed by atoms with Crippen molar-refractivity contribution in [2.45, 2.75) is 65.1 Å². The van der Waals surface area contributed by atoms with Crippen molar-refractivity contribution in [3.63, 3.8) is 0 Å². The molecular weight excluding hydrogens is 316 g/mol. The maximum atomic E-state index is 11.9. The second-order valence-electron chi connectivity index (χ2n) is 7.02. The summed E-state index contributed by atoms with van der Waals surface area (Å²) >= 11 is 0. The standard InChI is InChI=1S/C21H30O4/c1-14-7-5-9-17(21(23)24-4)10-6-8-15(2)19(22)12-18-16(3)13-25-20(18)11-14/h8-9,11,19-20,22H,5-7,10,12-13H2,1-4H3. The van der Waals surface area contributed by atoms with Crippen LogP contribution in [0.4, 0.5) is 0 Å². The number of rotatable bonds is 1. The van der Waals surface area contributed by atoms with Crippen LogP contribution in [0.2, 0.25) is 0 Å². The quantitative estimate of drug-likeness (QED) is 0.575. The van der Waals surface area contributed by atoms with Gasteiger partial charge in [0.15, 0.2) is 0 Å². The molecule has 0 radical (unpaired) electrons. The minimum Gasteiger partial charge on any atom is -0.466 e. The zero-order chi connectivity index (χ0) is 18.4. The zero-order valence-electron chi connectivity index (χ0n) is 15.8. The molecule has 2 aliphatic rings. The molecule has 4 nitrogen and oxygen atoms in total. The summed E-state index contributed by atoms with van der Waals surface area (Å²) in [5.74, 6) is -0.264. The number of fused-ring (bicyclic) bond motifs is 1. The van der Waals surface area contributed by atoms with Gasteiger partial charge in [-0.1, -0.05) is 23.8 Å². The Labute approximate surface area is 150 Å². The maximum Gasteiger partial charge on any atom is 0.333 e. The Hall–Kier alpha value is -1.65. The van der Waals surface area contributed by atoms with E-state index in [-0.39, 0.29) is 12.1 Å². The van der Waals surface area contributed by atoms with Crippen LogP contribution in [-0.2, 0) is 14.3 Å². The van der Waals surface area contributed by atoms with Crippen LogP contribution in [0.3, 0.4) is 0 Å². The van der Waals surface area contributed by atoms with Gasteiger partial charge >= 0.3 is 5.97 Å². The molecule has 0 amide bonds. The summed E-state index contributed by atoms with van der Waals surface area (Å²) in [5.41, 5.74) is 5.30. The summed E-state index contributed by atoms with van der Waals surface area (Å²) in [6.45, 7) is 6.75. The number of ether oxygens (including phenoxy) is 2. The Morgan fingerprint density at radius 1 is 1.20 bits per heavy atom. The molecule has 4 heteroatoms. The molecule has 2 rings (SSSR count). The molecule has 1 aliphatic carbocycles. The molecule has 0 saturated carbocycles. The average Bonchev–Trinajstić information content (AvgIpc) is 2.92. The highest BCUT2D eigenvalue weighted by molar-refractivity contribution is 5.88. The number of hydrogen-bond donors (Lipinski definition) is 1. The van der Waals surface area contributed by atoms with E-state index in [1.807, 2.05) is 19.1 Å². The summed E-state index contributed by atoms with van der Waals surface area (Å²) in [4.78, 5) is 11.9.